The van der Waals surface area contributed by atoms with Gasteiger partial charge in [-0.3, -0.25) is 4.79 Å². The number of anilines is 1. The van der Waals surface area contributed by atoms with Gasteiger partial charge in [-0.1, -0.05) is 11.6 Å². The van der Waals surface area contributed by atoms with Crippen molar-refractivity contribution < 1.29 is 14.3 Å². The first-order chi connectivity index (χ1) is 9.63. The quantitative estimate of drug-likeness (QED) is 0.880. The molecule has 5 nitrogen and oxygen atoms in total. The summed E-state index contributed by atoms with van der Waals surface area (Å²) in [7, 11) is 3.04. The molecule has 0 spiro atoms. The number of halogens is 1. The summed E-state index contributed by atoms with van der Waals surface area (Å²) < 4.78 is 10.3. The molecule has 2 aromatic rings. The van der Waals surface area contributed by atoms with Crippen molar-refractivity contribution in [2.45, 2.75) is 0 Å². The molecule has 1 aromatic heterocycles. The molecule has 20 heavy (non-hydrogen) atoms. The fourth-order valence-corrected chi connectivity index (χ4v) is 1.84. The highest BCUT2D eigenvalue weighted by Gasteiger charge is 2.14. The molecule has 0 aliphatic rings. The van der Waals surface area contributed by atoms with E-state index >= 15 is 0 Å². The number of carbonyl (C=O) groups is 1. The summed E-state index contributed by atoms with van der Waals surface area (Å²) in [6.45, 7) is 0. The molecule has 0 saturated heterocycles. The SMILES string of the molecule is COc1ccc(OC)c(C(=O)Nc2ccnc(Cl)c2)c1. The van der Waals surface area contributed by atoms with Crippen LogP contribution in [0.15, 0.2) is 36.5 Å². The number of hydrogen-bond acceptors (Lipinski definition) is 4. The average Bonchev–Trinajstić information content (AvgIpc) is 2.46. The van der Waals surface area contributed by atoms with Gasteiger partial charge in [-0.2, -0.15) is 0 Å². The van der Waals surface area contributed by atoms with E-state index in [1.807, 2.05) is 0 Å². The Morgan fingerprint density at radius 1 is 1.20 bits per heavy atom. The smallest absolute Gasteiger partial charge is 0.259 e. The average molecular weight is 293 g/mol. The minimum absolute atomic E-state index is 0.306. The van der Waals surface area contributed by atoms with Gasteiger partial charge >= 0.3 is 0 Å². The van der Waals surface area contributed by atoms with E-state index in [4.69, 9.17) is 21.1 Å². The molecular weight excluding hydrogens is 280 g/mol. The van der Waals surface area contributed by atoms with E-state index in [9.17, 15) is 4.79 Å². The van der Waals surface area contributed by atoms with Crippen molar-refractivity contribution in [3.63, 3.8) is 0 Å². The molecule has 0 atom stereocenters. The second kappa shape index (κ2) is 6.25. The highest BCUT2D eigenvalue weighted by Crippen LogP contribution is 2.25. The van der Waals surface area contributed by atoms with E-state index in [2.05, 4.69) is 10.3 Å². The number of pyridine rings is 1. The number of carbonyl (C=O) groups excluding carboxylic acids is 1. The number of rotatable bonds is 4. The standard InChI is InChI=1S/C14H13ClN2O3/c1-19-10-3-4-12(20-2)11(8-10)14(18)17-9-5-6-16-13(15)7-9/h3-8H,1-2H3,(H,16,17,18). The highest BCUT2D eigenvalue weighted by molar-refractivity contribution is 6.29. The van der Waals surface area contributed by atoms with Crippen LogP contribution in [-0.4, -0.2) is 25.1 Å². The lowest BCUT2D eigenvalue weighted by molar-refractivity contribution is 0.102. The molecule has 0 aliphatic carbocycles. The van der Waals surface area contributed by atoms with Crippen LogP contribution in [0.25, 0.3) is 0 Å². The van der Waals surface area contributed by atoms with Gasteiger partial charge in [0.1, 0.15) is 16.7 Å². The van der Waals surface area contributed by atoms with Crippen LogP contribution in [0.3, 0.4) is 0 Å². The Morgan fingerprint density at radius 2 is 2.00 bits per heavy atom. The van der Waals surface area contributed by atoms with Crippen molar-refractivity contribution in [1.29, 1.82) is 0 Å². The predicted octanol–water partition coefficient (Wildman–Crippen LogP) is 3.00. The summed E-state index contributed by atoms with van der Waals surface area (Å²) in [5.74, 6) is 0.718. The first-order valence-electron chi connectivity index (χ1n) is 5.79. The molecule has 6 heteroatoms. The lowest BCUT2D eigenvalue weighted by atomic mass is 10.1. The second-order valence-electron chi connectivity index (χ2n) is 3.89. The number of hydrogen-bond donors (Lipinski definition) is 1. The zero-order chi connectivity index (χ0) is 14.5. The summed E-state index contributed by atoms with van der Waals surface area (Å²) in [6.07, 6.45) is 1.51. The molecule has 0 unspecified atom stereocenters. The third-order valence-corrected chi connectivity index (χ3v) is 2.84. The van der Waals surface area contributed by atoms with Gasteiger partial charge in [-0.05, 0) is 30.3 Å². The first kappa shape index (κ1) is 14.1. The van der Waals surface area contributed by atoms with Gasteiger partial charge in [-0.15, -0.1) is 0 Å². The number of methoxy groups -OCH3 is 2. The third-order valence-electron chi connectivity index (χ3n) is 2.64. The van der Waals surface area contributed by atoms with E-state index in [0.29, 0.717) is 27.9 Å². The van der Waals surface area contributed by atoms with Gasteiger partial charge in [0.05, 0.1) is 19.8 Å². The van der Waals surface area contributed by atoms with Crippen LogP contribution >= 0.6 is 11.6 Å². The molecule has 1 heterocycles. The molecular formula is C14H13ClN2O3. The number of benzene rings is 1. The van der Waals surface area contributed by atoms with Gasteiger partial charge < -0.3 is 14.8 Å². The van der Waals surface area contributed by atoms with Crippen LogP contribution in [-0.2, 0) is 0 Å². The molecule has 2 rings (SSSR count). The van der Waals surface area contributed by atoms with Crippen LogP contribution < -0.4 is 14.8 Å². The first-order valence-corrected chi connectivity index (χ1v) is 6.17. The van der Waals surface area contributed by atoms with Gasteiger partial charge in [0.15, 0.2) is 0 Å². The zero-order valence-electron chi connectivity index (χ0n) is 11.0. The Kier molecular flexibility index (Phi) is 4.42. The van der Waals surface area contributed by atoms with Gasteiger partial charge in [0.2, 0.25) is 0 Å². The fraction of sp³-hybridized carbons (Fsp3) is 0.143. The van der Waals surface area contributed by atoms with Crippen LogP contribution in [0.4, 0.5) is 5.69 Å². The van der Waals surface area contributed by atoms with Gasteiger partial charge in [0, 0.05) is 11.9 Å². The largest absolute Gasteiger partial charge is 0.497 e. The number of aromatic nitrogens is 1. The predicted molar refractivity (Wildman–Crippen MR) is 76.7 cm³/mol. The number of nitrogens with one attached hydrogen (secondary N) is 1. The summed E-state index contributed by atoms with van der Waals surface area (Å²) in [5.41, 5.74) is 0.930. The Bertz CT molecular complexity index is 632. The Balaban J connectivity index is 2.28. The lowest BCUT2D eigenvalue weighted by Crippen LogP contribution is -2.13. The Morgan fingerprint density at radius 3 is 2.65 bits per heavy atom. The van der Waals surface area contributed by atoms with Gasteiger partial charge in [0.25, 0.3) is 5.91 Å². The van der Waals surface area contributed by atoms with Crippen molar-refractivity contribution in [2.75, 3.05) is 19.5 Å². The lowest BCUT2D eigenvalue weighted by Gasteiger charge is -2.11. The van der Waals surface area contributed by atoms with E-state index in [-0.39, 0.29) is 5.91 Å². The summed E-state index contributed by atoms with van der Waals surface area (Å²) in [4.78, 5) is 16.1. The van der Waals surface area contributed by atoms with Crippen LogP contribution in [0.1, 0.15) is 10.4 Å². The molecule has 1 N–H and O–H groups in total. The van der Waals surface area contributed by atoms with E-state index < -0.39 is 0 Å². The Labute approximate surface area is 121 Å². The number of nitrogens with zero attached hydrogens (tertiary/aromatic N) is 1. The third kappa shape index (κ3) is 3.19. The summed E-state index contributed by atoms with van der Waals surface area (Å²) >= 11 is 5.77. The van der Waals surface area contributed by atoms with E-state index in [0.717, 1.165) is 0 Å². The van der Waals surface area contributed by atoms with E-state index in [1.54, 1.807) is 30.3 Å². The van der Waals surface area contributed by atoms with Crippen molar-refractivity contribution in [3.05, 3.63) is 47.2 Å². The molecule has 0 radical (unpaired) electrons. The monoisotopic (exact) mass is 292 g/mol. The summed E-state index contributed by atoms with van der Waals surface area (Å²) in [6, 6.07) is 8.21. The summed E-state index contributed by atoms with van der Waals surface area (Å²) in [5, 5.41) is 3.03. The zero-order valence-corrected chi connectivity index (χ0v) is 11.8. The van der Waals surface area contributed by atoms with Crippen LogP contribution in [0, 0.1) is 0 Å². The molecule has 0 bridgehead atoms. The van der Waals surface area contributed by atoms with Crippen molar-refractivity contribution in [2.24, 2.45) is 0 Å². The molecule has 1 aromatic carbocycles. The maximum atomic E-state index is 12.3. The van der Waals surface area contributed by atoms with E-state index in [1.165, 1.54) is 20.4 Å². The molecule has 1 amide bonds. The van der Waals surface area contributed by atoms with Crippen LogP contribution in [0.5, 0.6) is 11.5 Å². The van der Waals surface area contributed by atoms with Crippen molar-refractivity contribution in [1.82, 2.24) is 4.98 Å². The number of ether oxygens (including phenoxy) is 2. The Hall–Kier alpha value is -2.27. The maximum absolute atomic E-state index is 12.3. The minimum atomic E-state index is -0.317. The fourth-order valence-electron chi connectivity index (χ4n) is 1.67. The normalized spacial score (nSPS) is 9.95. The van der Waals surface area contributed by atoms with Crippen molar-refractivity contribution in [3.8, 4) is 11.5 Å². The molecule has 0 saturated carbocycles. The molecule has 0 fully saturated rings. The topological polar surface area (TPSA) is 60.5 Å². The maximum Gasteiger partial charge on any atom is 0.259 e. The second-order valence-corrected chi connectivity index (χ2v) is 4.27. The highest BCUT2D eigenvalue weighted by atomic mass is 35.5. The molecule has 0 aliphatic heterocycles. The number of amides is 1. The minimum Gasteiger partial charge on any atom is -0.497 e. The van der Waals surface area contributed by atoms with Gasteiger partial charge in [-0.25, -0.2) is 4.98 Å². The van der Waals surface area contributed by atoms with Crippen molar-refractivity contribution >= 4 is 23.2 Å². The van der Waals surface area contributed by atoms with Crippen LogP contribution in [0.2, 0.25) is 5.15 Å². The molecule has 104 valence electrons.